The number of rotatable bonds is 7. The first-order valence-electron chi connectivity index (χ1n) is 4.72. The molecule has 0 saturated heterocycles. The SMILES string of the molecule is CC(C)(N)CSCCCOCC(F)(F)F. The molecule has 0 atom stereocenters. The third-order valence-electron chi connectivity index (χ3n) is 1.32. The van der Waals surface area contributed by atoms with E-state index in [2.05, 4.69) is 4.74 Å². The fraction of sp³-hybridized carbons (Fsp3) is 1.00. The molecule has 0 aliphatic carbocycles. The fourth-order valence-electron chi connectivity index (χ4n) is 0.786. The zero-order valence-corrected chi connectivity index (χ0v) is 9.88. The first-order chi connectivity index (χ1) is 6.71. The van der Waals surface area contributed by atoms with Crippen molar-refractivity contribution in [3.8, 4) is 0 Å². The van der Waals surface area contributed by atoms with E-state index in [1.54, 1.807) is 11.8 Å². The van der Waals surface area contributed by atoms with E-state index >= 15 is 0 Å². The molecule has 0 aromatic rings. The molecule has 0 radical (unpaired) electrons. The van der Waals surface area contributed by atoms with Gasteiger partial charge in [0.25, 0.3) is 0 Å². The van der Waals surface area contributed by atoms with E-state index < -0.39 is 12.8 Å². The van der Waals surface area contributed by atoms with E-state index in [1.165, 1.54) is 0 Å². The number of hydrogen-bond acceptors (Lipinski definition) is 3. The summed E-state index contributed by atoms with van der Waals surface area (Å²) < 4.78 is 39.4. The van der Waals surface area contributed by atoms with Crippen LogP contribution in [0.3, 0.4) is 0 Å². The monoisotopic (exact) mass is 245 g/mol. The van der Waals surface area contributed by atoms with Gasteiger partial charge in [0.2, 0.25) is 0 Å². The minimum atomic E-state index is -4.22. The maximum atomic E-state index is 11.6. The van der Waals surface area contributed by atoms with E-state index in [0.717, 1.165) is 11.5 Å². The Labute approximate surface area is 92.7 Å². The lowest BCUT2D eigenvalue weighted by molar-refractivity contribution is -0.173. The lowest BCUT2D eigenvalue weighted by Gasteiger charge is -2.17. The lowest BCUT2D eigenvalue weighted by atomic mass is 10.1. The molecular formula is C9H18F3NOS. The van der Waals surface area contributed by atoms with Crippen LogP contribution in [0.5, 0.6) is 0 Å². The molecule has 2 nitrogen and oxygen atoms in total. The fourth-order valence-corrected chi connectivity index (χ4v) is 1.78. The van der Waals surface area contributed by atoms with Gasteiger partial charge in [-0.2, -0.15) is 24.9 Å². The van der Waals surface area contributed by atoms with Gasteiger partial charge in [0.05, 0.1) is 0 Å². The second kappa shape index (κ2) is 6.60. The van der Waals surface area contributed by atoms with Crippen LogP contribution in [0.15, 0.2) is 0 Å². The quantitative estimate of drug-likeness (QED) is 0.700. The van der Waals surface area contributed by atoms with Crippen LogP contribution in [0.2, 0.25) is 0 Å². The molecule has 0 bridgehead atoms. The van der Waals surface area contributed by atoms with Crippen molar-refractivity contribution in [2.24, 2.45) is 5.73 Å². The summed E-state index contributed by atoms with van der Waals surface area (Å²) in [5.74, 6) is 1.57. The number of nitrogens with two attached hydrogens (primary N) is 1. The smallest absolute Gasteiger partial charge is 0.372 e. The summed E-state index contributed by atoms with van der Waals surface area (Å²) in [4.78, 5) is 0. The Balaban J connectivity index is 3.20. The van der Waals surface area contributed by atoms with Crippen molar-refractivity contribution in [2.75, 3.05) is 24.7 Å². The Morgan fingerprint density at radius 2 is 1.87 bits per heavy atom. The maximum absolute atomic E-state index is 11.6. The first-order valence-corrected chi connectivity index (χ1v) is 5.87. The Morgan fingerprint density at radius 3 is 2.33 bits per heavy atom. The molecular weight excluding hydrogens is 227 g/mol. The van der Waals surface area contributed by atoms with Crippen LogP contribution in [0.25, 0.3) is 0 Å². The molecule has 0 spiro atoms. The molecule has 0 aromatic carbocycles. The lowest BCUT2D eigenvalue weighted by Crippen LogP contribution is -2.34. The molecule has 15 heavy (non-hydrogen) atoms. The normalized spacial score (nSPS) is 13.2. The number of alkyl halides is 3. The Kier molecular flexibility index (Phi) is 6.63. The van der Waals surface area contributed by atoms with Gasteiger partial charge in [-0.3, -0.25) is 0 Å². The van der Waals surface area contributed by atoms with Crippen molar-refractivity contribution >= 4 is 11.8 Å². The van der Waals surface area contributed by atoms with Gasteiger partial charge in [0.15, 0.2) is 0 Å². The summed E-state index contributed by atoms with van der Waals surface area (Å²) in [6, 6.07) is 0. The van der Waals surface area contributed by atoms with Crippen LogP contribution in [0, 0.1) is 0 Å². The predicted molar refractivity (Wildman–Crippen MR) is 57.1 cm³/mol. The molecule has 0 saturated carbocycles. The largest absolute Gasteiger partial charge is 0.411 e. The molecule has 0 heterocycles. The Hall–Kier alpha value is 0.0600. The first kappa shape index (κ1) is 15.1. The summed E-state index contributed by atoms with van der Waals surface area (Å²) in [6.45, 7) is 2.83. The number of ether oxygens (including phenoxy) is 1. The van der Waals surface area contributed by atoms with Gasteiger partial charge in [-0.25, -0.2) is 0 Å². The van der Waals surface area contributed by atoms with Gasteiger partial charge >= 0.3 is 6.18 Å². The van der Waals surface area contributed by atoms with Gasteiger partial charge in [0.1, 0.15) is 6.61 Å². The van der Waals surface area contributed by atoms with Gasteiger partial charge in [-0.15, -0.1) is 0 Å². The third kappa shape index (κ3) is 14.1. The molecule has 0 amide bonds. The average Bonchev–Trinajstić information content (AvgIpc) is 1.98. The summed E-state index contributed by atoms with van der Waals surface area (Å²) in [5.41, 5.74) is 5.51. The molecule has 0 fully saturated rings. The topological polar surface area (TPSA) is 35.2 Å². The highest BCUT2D eigenvalue weighted by Gasteiger charge is 2.27. The number of thioether (sulfide) groups is 1. The minimum Gasteiger partial charge on any atom is -0.372 e. The molecule has 6 heteroatoms. The number of hydrogen-bond donors (Lipinski definition) is 1. The summed E-state index contributed by atoms with van der Waals surface area (Å²) in [7, 11) is 0. The van der Waals surface area contributed by atoms with Crippen LogP contribution in [0.4, 0.5) is 13.2 Å². The minimum absolute atomic E-state index is 0.150. The molecule has 2 N–H and O–H groups in total. The second-order valence-electron chi connectivity index (χ2n) is 4.06. The Bertz CT molecular complexity index is 150. The molecule has 0 rings (SSSR count). The number of halogens is 3. The molecule has 0 unspecified atom stereocenters. The van der Waals surface area contributed by atoms with Gasteiger partial charge in [-0.1, -0.05) is 0 Å². The average molecular weight is 245 g/mol. The molecule has 0 aliphatic rings. The van der Waals surface area contributed by atoms with E-state index in [0.29, 0.717) is 6.42 Å². The van der Waals surface area contributed by atoms with E-state index in [9.17, 15) is 13.2 Å². The van der Waals surface area contributed by atoms with Crippen molar-refractivity contribution < 1.29 is 17.9 Å². The van der Waals surface area contributed by atoms with Crippen molar-refractivity contribution in [2.45, 2.75) is 32.0 Å². The van der Waals surface area contributed by atoms with E-state index in [4.69, 9.17) is 5.73 Å². The van der Waals surface area contributed by atoms with Gasteiger partial charge < -0.3 is 10.5 Å². The van der Waals surface area contributed by atoms with Gasteiger partial charge in [0, 0.05) is 17.9 Å². The van der Waals surface area contributed by atoms with Crippen molar-refractivity contribution in [3.05, 3.63) is 0 Å². The van der Waals surface area contributed by atoms with Crippen LogP contribution in [-0.2, 0) is 4.74 Å². The predicted octanol–water partition coefficient (Wildman–Crippen LogP) is 2.43. The molecule has 92 valence electrons. The summed E-state index contributed by atoms with van der Waals surface area (Å²) in [6.07, 6.45) is -3.59. The van der Waals surface area contributed by atoms with Crippen LogP contribution >= 0.6 is 11.8 Å². The van der Waals surface area contributed by atoms with Crippen molar-refractivity contribution in [1.82, 2.24) is 0 Å². The zero-order valence-electron chi connectivity index (χ0n) is 9.06. The Morgan fingerprint density at radius 1 is 1.27 bits per heavy atom. The van der Waals surface area contributed by atoms with E-state index in [1.807, 2.05) is 13.8 Å². The van der Waals surface area contributed by atoms with Crippen molar-refractivity contribution in [1.29, 1.82) is 0 Å². The molecule has 0 aliphatic heterocycles. The maximum Gasteiger partial charge on any atom is 0.411 e. The highest BCUT2D eigenvalue weighted by molar-refractivity contribution is 7.99. The summed E-state index contributed by atoms with van der Waals surface area (Å²) >= 11 is 1.63. The van der Waals surface area contributed by atoms with Crippen LogP contribution in [0.1, 0.15) is 20.3 Å². The molecule has 0 aromatic heterocycles. The second-order valence-corrected chi connectivity index (χ2v) is 5.17. The third-order valence-corrected chi connectivity index (χ3v) is 2.84. The van der Waals surface area contributed by atoms with Crippen LogP contribution in [-0.4, -0.2) is 36.4 Å². The standard InChI is InChI=1S/C9H18F3NOS/c1-8(2,13)7-15-5-3-4-14-6-9(10,11)12/h3-7,13H2,1-2H3. The van der Waals surface area contributed by atoms with Gasteiger partial charge in [-0.05, 0) is 26.0 Å². The van der Waals surface area contributed by atoms with Crippen LogP contribution < -0.4 is 5.73 Å². The highest BCUT2D eigenvalue weighted by atomic mass is 32.2. The zero-order chi connectivity index (χ0) is 11.9. The summed E-state index contributed by atoms with van der Waals surface area (Å²) in [5, 5.41) is 0. The van der Waals surface area contributed by atoms with Crippen molar-refractivity contribution in [3.63, 3.8) is 0 Å². The highest BCUT2D eigenvalue weighted by Crippen LogP contribution is 2.15. The van der Waals surface area contributed by atoms with E-state index in [-0.39, 0.29) is 12.1 Å².